The zero-order chi connectivity index (χ0) is 58.5. The zero-order valence-electron chi connectivity index (χ0n) is 52.1. The van der Waals surface area contributed by atoms with Gasteiger partial charge in [-0.3, -0.25) is 0 Å². The van der Waals surface area contributed by atoms with Crippen molar-refractivity contribution in [1.29, 1.82) is 0 Å². The minimum Gasteiger partial charge on any atom is -0.507 e. The van der Waals surface area contributed by atoms with Crippen LogP contribution in [0.2, 0.25) is 0 Å². The summed E-state index contributed by atoms with van der Waals surface area (Å²) >= 11 is 0. The van der Waals surface area contributed by atoms with Crippen molar-refractivity contribution in [1.82, 2.24) is 0 Å². The maximum absolute atomic E-state index is 11.5. The van der Waals surface area contributed by atoms with E-state index in [2.05, 4.69) is 233 Å². The molecule has 7 nitrogen and oxygen atoms in total. The number of hydrogen-bond acceptors (Lipinski definition) is 7. The van der Waals surface area contributed by atoms with E-state index < -0.39 is 28.0 Å². The highest BCUT2D eigenvalue weighted by molar-refractivity contribution is 7.43. The minimum absolute atomic E-state index is 0.0907. The van der Waals surface area contributed by atoms with Gasteiger partial charge in [-0.2, -0.15) is 0 Å². The first-order chi connectivity index (χ1) is 36.1. The summed E-state index contributed by atoms with van der Waals surface area (Å²) in [5.74, 6) is 3.96. The van der Waals surface area contributed by atoms with Crippen molar-refractivity contribution in [3.8, 4) is 51.4 Å². The lowest BCUT2D eigenvalue weighted by Gasteiger charge is -2.34. The molecule has 1 unspecified atom stereocenters. The van der Waals surface area contributed by atoms with E-state index in [-0.39, 0.29) is 38.2 Å². The van der Waals surface area contributed by atoms with Gasteiger partial charge in [0, 0.05) is 33.4 Å². The highest BCUT2D eigenvalue weighted by Gasteiger charge is 2.39. The molecule has 0 aromatic heterocycles. The largest absolute Gasteiger partial charge is 0.530 e. The summed E-state index contributed by atoms with van der Waals surface area (Å²) in [6.45, 7) is 53.9. The van der Waals surface area contributed by atoms with E-state index in [1.54, 1.807) is 6.07 Å². The zero-order valence-corrected chi connectivity index (χ0v) is 53.9. The van der Waals surface area contributed by atoms with E-state index in [9.17, 15) is 5.11 Å². The van der Waals surface area contributed by atoms with E-state index in [1.807, 2.05) is 30.3 Å². The lowest BCUT2D eigenvalue weighted by Crippen LogP contribution is -2.21. The number of hydrogen-bond donors (Lipinski definition) is 1. The molecule has 1 aliphatic heterocycles. The highest BCUT2D eigenvalue weighted by atomic mass is 31.2. The summed E-state index contributed by atoms with van der Waals surface area (Å²) in [5, 5.41) is 14.7. The van der Waals surface area contributed by atoms with Gasteiger partial charge in [0.25, 0.3) is 0 Å². The molecule has 0 spiro atoms. The van der Waals surface area contributed by atoms with Crippen molar-refractivity contribution in [2.24, 2.45) is 0 Å². The Morgan fingerprint density at radius 3 is 1.23 bits per heavy atom. The third kappa shape index (κ3) is 12.7. The number of fused-ring (bicyclic) bond motifs is 2. The van der Waals surface area contributed by atoms with Crippen LogP contribution in [0.5, 0.6) is 40.2 Å². The van der Waals surface area contributed by atoms with Crippen LogP contribution >= 0.6 is 17.2 Å². The first-order valence-corrected chi connectivity index (χ1v) is 30.3. The van der Waals surface area contributed by atoms with Crippen LogP contribution in [0.1, 0.15) is 211 Å². The molecule has 0 bridgehead atoms. The molecule has 1 heterocycles. The number of phenols is 1. The SMILES string of the molecule is CC(C)(C)c1ccc(OP(Oc2ccc(C(C)(C)C)cc2C(C)(C)C)Oc2c(-c3cc(C(C)(C)C)cc(C(C)(C)C)c3OP3Oc4cccc5cc6cccc(O)c6c(c45)O3)cc(C(C)(C)C)cc2C(C)(C)C)c(C(C)(C)C)c1. The van der Waals surface area contributed by atoms with Crippen molar-refractivity contribution in [3.63, 3.8) is 0 Å². The van der Waals surface area contributed by atoms with E-state index in [0.29, 0.717) is 39.9 Å². The minimum atomic E-state index is -2.26. The van der Waals surface area contributed by atoms with Gasteiger partial charge in [0.15, 0.2) is 5.75 Å². The van der Waals surface area contributed by atoms with Crippen molar-refractivity contribution >= 4 is 38.7 Å². The van der Waals surface area contributed by atoms with E-state index in [1.165, 1.54) is 11.1 Å². The average molecular weight is 1110 g/mol. The van der Waals surface area contributed by atoms with Gasteiger partial charge in [-0.1, -0.05) is 227 Å². The number of phenolic OH excluding ortho intramolecular Hbond substituents is 1. The summed E-state index contributed by atoms with van der Waals surface area (Å²) in [6.07, 6.45) is 0. The Kier molecular flexibility index (Phi) is 15.5. The average Bonchev–Trinajstić information content (AvgIpc) is 3.39. The van der Waals surface area contributed by atoms with Crippen molar-refractivity contribution in [2.75, 3.05) is 0 Å². The highest BCUT2D eigenvalue weighted by Crippen LogP contribution is 2.60. The molecule has 79 heavy (non-hydrogen) atoms. The molecular weight excluding hydrogens is 1010 g/mol. The summed E-state index contributed by atoms with van der Waals surface area (Å²) in [6, 6.07) is 35.9. The predicted molar refractivity (Wildman–Crippen MR) is 335 cm³/mol. The summed E-state index contributed by atoms with van der Waals surface area (Å²) in [7, 11) is -4.42. The number of aromatic hydroxyl groups is 1. The van der Waals surface area contributed by atoms with Crippen LogP contribution in [0.3, 0.4) is 0 Å². The molecule has 0 saturated heterocycles. The summed E-state index contributed by atoms with van der Waals surface area (Å²) in [4.78, 5) is 0. The Labute approximate surface area is 477 Å². The molecule has 0 amide bonds. The van der Waals surface area contributed by atoms with Crippen LogP contribution in [-0.4, -0.2) is 5.11 Å². The second-order valence-corrected chi connectivity index (χ2v) is 32.1. The second-order valence-electron chi connectivity index (χ2n) is 30.2. The maximum Gasteiger partial charge on any atom is 0.530 e. The molecule has 1 aliphatic rings. The summed E-state index contributed by atoms with van der Waals surface area (Å²) < 4.78 is 43.9. The molecule has 7 aromatic carbocycles. The van der Waals surface area contributed by atoms with Crippen LogP contribution < -0.4 is 27.1 Å². The fraction of sp³-hybridized carbons (Fsp3) is 0.457. The van der Waals surface area contributed by atoms with Crippen LogP contribution in [0.25, 0.3) is 32.7 Å². The Hall–Kier alpha value is -5.48. The van der Waals surface area contributed by atoms with E-state index >= 15 is 0 Å². The van der Waals surface area contributed by atoms with E-state index in [4.69, 9.17) is 27.1 Å². The molecule has 1 atom stereocenters. The quantitative estimate of drug-likeness (QED) is 0.114. The van der Waals surface area contributed by atoms with Gasteiger partial charge in [0.05, 0.1) is 10.8 Å². The van der Waals surface area contributed by atoms with Gasteiger partial charge in [-0.15, -0.1) is 0 Å². The Morgan fingerprint density at radius 2 is 0.785 bits per heavy atom. The predicted octanol–water partition coefficient (Wildman–Crippen LogP) is 21.6. The van der Waals surface area contributed by atoms with Gasteiger partial charge in [-0.25, -0.2) is 0 Å². The fourth-order valence-electron chi connectivity index (χ4n) is 10.0. The van der Waals surface area contributed by atoms with Crippen LogP contribution in [0.15, 0.2) is 103 Å². The second kappa shape index (κ2) is 20.5. The number of benzene rings is 7. The van der Waals surface area contributed by atoms with Crippen LogP contribution in [0.4, 0.5) is 0 Å². The lowest BCUT2D eigenvalue weighted by molar-refractivity contribution is 0.370. The monoisotopic (exact) mass is 1100 g/mol. The molecule has 0 radical (unpaired) electrons. The molecule has 0 saturated carbocycles. The topological polar surface area (TPSA) is 75.6 Å². The van der Waals surface area contributed by atoms with Gasteiger partial charge in [0.2, 0.25) is 0 Å². The number of rotatable bonds is 9. The maximum atomic E-state index is 11.5. The Bertz CT molecular complexity index is 3340. The first-order valence-electron chi connectivity index (χ1n) is 28.1. The fourth-order valence-corrected chi connectivity index (χ4v) is 12.2. The summed E-state index contributed by atoms with van der Waals surface area (Å²) in [5.41, 5.74) is 8.28. The molecule has 8 rings (SSSR count). The Morgan fingerprint density at radius 1 is 0.380 bits per heavy atom. The van der Waals surface area contributed by atoms with Crippen molar-refractivity contribution < 1.29 is 32.2 Å². The normalized spacial score (nSPS) is 14.8. The van der Waals surface area contributed by atoms with Gasteiger partial charge >= 0.3 is 17.2 Å². The van der Waals surface area contributed by atoms with E-state index in [0.717, 1.165) is 60.7 Å². The van der Waals surface area contributed by atoms with Crippen molar-refractivity contribution in [2.45, 2.75) is 209 Å². The van der Waals surface area contributed by atoms with Gasteiger partial charge < -0.3 is 32.2 Å². The van der Waals surface area contributed by atoms with Gasteiger partial charge in [-0.05, 0) is 119 Å². The standard InChI is InChI=1S/C70H90O7P2/c1-63(2,3)44-31-33-55(50(38-44)67(13,14)15)72-78(73-56-34-32-45(64(4,5)6)39-51(56)68(16,17)18)75-60-48(36-46(65(7,8)9)40-52(60)69(19,20)21)49-37-47(66(10,11)12)41-53(70(22,23)24)61(49)76-79-74-57-30-26-28-43-35-42-27-25-29-54(71)58(42)62(77-79)59(43)57/h25-41,71H,1-24H3. The third-order valence-electron chi connectivity index (χ3n) is 15.0. The molecule has 0 aliphatic carbocycles. The van der Waals surface area contributed by atoms with Gasteiger partial charge in [0.1, 0.15) is 34.5 Å². The molecule has 0 fully saturated rings. The molecule has 7 aromatic rings. The molecule has 422 valence electrons. The lowest BCUT2D eigenvalue weighted by atomic mass is 9.75. The van der Waals surface area contributed by atoms with Crippen molar-refractivity contribution in [3.05, 3.63) is 148 Å². The third-order valence-corrected chi connectivity index (χ3v) is 17.1. The smallest absolute Gasteiger partial charge is 0.507 e. The molecule has 1 N–H and O–H groups in total. The molecular formula is C70H90O7P2. The molecule has 9 heteroatoms. The Balaban J connectivity index is 1.43. The first kappa shape index (κ1) is 59.6. The van der Waals surface area contributed by atoms with Crippen LogP contribution in [0, 0.1) is 0 Å². The van der Waals surface area contributed by atoms with Crippen LogP contribution in [-0.2, 0) is 43.3 Å².